The van der Waals surface area contributed by atoms with Crippen molar-refractivity contribution >= 4 is 59.0 Å². The van der Waals surface area contributed by atoms with Gasteiger partial charge >= 0.3 is 0 Å². The fraction of sp³-hybridized carbons (Fsp3) is 0.762. The molecule has 20 heteroatoms. The molecule has 62 heavy (non-hydrogen) atoms. The van der Waals surface area contributed by atoms with Crippen molar-refractivity contribution in [3.05, 3.63) is 0 Å². The molecule has 352 valence electrons. The summed E-state index contributed by atoms with van der Waals surface area (Å²) in [5, 5.41) is 24.0. The third-order valence-corrected chi connectivity index (χ3v) is 10.1. The van der Waals surface area contributed by atoms with Crippen LogP contribution in [0, 0.1) is 23.7 Å². The van der Waals surface area contributed by atoms with E-state index in [2.05, 4.69) is 59.8 Å². The number of amides is 9. The Morgan fingerprint density at radius 2 is 1.21 bits per heavy atom. The zero-order valence-corrected chi connectivity index (χ0v) is 38.3. The van der Waals surface area contributed by atoms with Crippen molar-refractivity contribution in [2.24, 2.45) is 34.4 Å². The standard InChI is InChI=1S/C42H75N11O9/c1-10-12-13-14-15-16-32(55)44-23-35(58)52-37(27(9)11-2)41(61)48-21-33(56)45-22-34(57)49-28(17-24(3)4)38-46-19-30(50-38)40(60)53-36(26(7)8)42(62)51-29(18-25(5)6)39(59)47-20-31(43)54/h24-30,36-37H,10-23H2,1-9H3,(H2,43,54)(H,44,55)(H,45,56)(H,46,50)(H,47,59)(H,48,61)(H,49,57)(H,51,62)(H,52,58)(H,53,60)/t27-,28-,29-,30-,36?,37?/m0/s1. The Labute approximate surface area is 366 Å². The van der Waals surface area contributed by atoms with E-state index >= 15 is 0 Å². The van der Waals surface area contributed by atoms with Crippen LogP contribution in [-0.2, 0) is 43.2 Å². The highest BCUT2D eigenvalue weighted by Crippen LogP contribution is 2.13. The van der Waals surface area contributed by atoms with E-state index in [1.807, 2.05) is 34.6 Å². The first-order valence-corrected chi connectivity index (χ1v) is 22.1. The first-order valence-electron chi connectivity index (χ1n) is 22.1. The van der Waals surface area contributed by atoms with Gasteiger partial charge in [-0.05, 0) is 42.9 Å². The molecule has 0 fully saturated rings. The number of aliphatic imine (C=N–C) groups is 1. The van der Waals surface area contributed by atoms with Gasteiger partial charge in [0, 0.05) is 6.42 Å². The van der Waals surface area contributed by atoms with Crippen molar-refractivity contribution < 1.29 is 43.2 Å². The first-order chi connectivity index (χ1) is 29.2. The Balaban J connectivity index is 2.75. The molecule has 1 aliphatic heterocycles. The van der Waals surface area contributed by atoms with Crippen LogP contribution in [0.2, 0.25) is 0 Å². The predicted octanol–water partition coefficient (Wildman–Crippen LogP) is -0.599. The van der Waals surface area contributed by atoms with Gasteiger partial charge in [0.15, 0.2) is 0 Å². The van der Waals surface area contributed by atoms with Gasteiger partial charge in [-0.1, -0.05) is 94.4 Å². The second-order valence-electron chi connectivity index (χ2n) is 17.1. The Kier molecular flexibility index (Phi) is 25.7. The Bertz CT molecular complexity index is 1550. The molecule has 0 bridgehead atoms. The maximum Gasteiger partial charge on any atom is 0.245 e. The summed E-state index contributed by atoms with van der Waals surface area (Å²) in [6.07, 6.45) is 6.53. The van der Waals surface area contributed by atoms with Crippen molar-refractivity contribution in [3.63, 3.8) is 0 Å². The van der Waals surface area contributed by atoms with Gasteiger partial charge in [0.05, 0.1) is 38.8 Å². The molecular weight excluding hydrogens is 803 g/mol. The summed E-state index contributed by atoms with van der Waals surface area (Å²) in [5.41, 5.74) is 5.15. The fourth-order valence-electron chi connectivity index (χ4n) is 6.43. The molecule has 2 unspecified atom stereocenters. The molecule has 0 aromatic carbocycles. The van der Waals surface area contributed by atoms with Gasteiger partial charge in [-0.25, -0.2) is 0 Å². The molecule has 0 aliphatic carbocycles. The number of hydrogen-bond donors (Lipinski definition) is 10. The molecule has 11 N–H and O–H groups in total. The van der Waals surface area contributed by atoms with E-state index in [1.54, 1.807) is 20.8 Å². The average Bonchev–Trinajstić information content (AvgIpc) is 3.70. The zero-order valence-electron chi connectivity index (χ0n) is 38.3. The minimum atomic E-state index is -1.01. The molecule has 0 spiro atoms. The SMILES string of the molecule is CCCCCCCC(=O)NCC(=O)NC(C(=O)NCC(=O)NCC(=O)N[C@@H](CC(C)C)C1=NC[C@@H](C(=O)NC(C(=O)N[C@@H](CC(C)C)C(=O)NCC(N)=O)C(C)C)N1)[C@@H](C)CC. The van der Waals surface area contributed by atoms with Crippen LogP contribution in [0.1, 0.15) is 120 Å². The summed E-state index contributed by atoms with van der Waals surface area (Å²) in [5.74, 6) is -5.15. The molecule has 0 radical (unpaired) electrons. The number of primary amides is 1. The molecule has 6 atom stereocenters. The summed E-state index contributed by atoms with van der Waals surface area (Å²) in [6.45, 7) is 15.3. The summed E-state index contributed by atoms with van der Waals surface area (Å²) < 4.78 is 0. The quantitative estimate of drug-likeness (QED) is 0.0409. The van der Waals surface area contributed by atoms with E-state index in [-0.39, 0.29) is 55.6 Å². The molecule has 0 aromatic heterocycles. The van der Waals surface area contributed by atoms with E-state index in [0.717, 1.165) is 32.1 Å². The Morgan fingerprint density at radius 1 is 0.629 bits per heavy atom. The lowest BCUT2D eigenvalue weighted by Gasteiger charge is -2.27. The lowest BCUT2D eigenvalue weighted by molar-refractivity contribution is -0.134. The van der Waals surface area contributed by atoms with Crippen LogP contribution in [0.5, 0.6) is 0 Å². The molecule has 0 saturated carbocycles. The number of rotatable bonds is 30. The summed E-state index contributed by atoms with van der Waals surface area (Å²) in [4.78, 5) is 119. The van der Waals surface area contributed by atoms with Crippen LogP contribution in [0.15, 0.2) is 4.99 Å². The van der Waals surface area contributed by atoms with Crippen molar-refractivity contribution in [1.29, 1.82) is 0 Å². The van der Waals surface area contributed by atoms with Crippen LogP contribution < -0.4 is 53.6 Å². The summed E-state index contributed by atoms with van der Waals surface area (Å²) in [6, 6.07) is -4.45. The normalized spacial score (nSPS) is 15.8. The smallest absolute Gasteiger partial charge is 0.245 e. The van der Waals surface area contributed by atoms with Crippen molar-refractivity contribution in [1.82, 2.24) is 47.9 Å². The van der Waals surface area contributed by atoms with Crippen LogP contribution in [0.4, 0.5) is 0 Å². The lowest BCUT2D eigenvalue weighted by atomic mass is 9.98. The number of nitrogens with zero attached hydrogens (tertiary/aromatic N) is 1. The number of carbonyl (C=O) groups excluding carboxylic acids is 9. The third-order valence-electron chi connectivity index (χ3n) is 10.1. The summed E-state index contributed by atoms with van der Waals surface area (Å²) in [7, 11) is 0. The van der Waals surface area contributed by atoms with Crippen LogP contribution in [-0.4, -0.2) is 122 Å². The molecule has 0 aromatic rings. The minimum absolute atomic E-state index is 0.0193. The van der Waals surface area contributed by atoms with E-state index < -0.39 is 90.6 Å². The molecule has 20 nitrogen and oxygen atoms in total. The minimum Gasteiger partial charge on any atom is -0.368 e. The van der Waals surface area contributed by atoms with Crippen molar-refractivity contribution in [2.45, 2.75) is 150 Å². The molecule has 1 rings (SSSR count). The Hall–Kier alpha value is -5.30. The lowest BCUT2D eigenvalue weighted by Crippen LogP contribution is -2.59. The van der Waals surface area contributed by atoms with E-state index in [4.69, 9.17) is 5.73 Å². The van der Waals surface area contributed by atoms with Gasteiger partial charge < -0.3 is 53.6 Å². The summed E-state index contributed by atoms with van der Waals surface area (Å²) >= 11 is 0. The maximum atomic E-state index is 13.4. The van der Waals surface area contributed by atoms with Crippen LogP contribution in [0.25, 0.3) is 0 Å². The number of nitrogens with two attached hydrogens (primary N) is 1. The number of amidine groups is 1. The van der Waals surface area contributed by atoms with Crippen LogP contribution >= 0.6 is 0 Å². The van der Waals surface area contributed by atoms with Crippen molar-refractivity contribution in [3.8, 4) is 0 Å². The van der Waals surface area contributed by atoms with Gasteiger partial charge in [0.2, 0.25) is 53.2 Å². The molecule has 1 heterocycles. The molecule has 9 amide bonds. The highest BCUT2D eigenvalue weighted by atomic mass is 16.2. The van der Waals surface area contributed by atoms with Crippen molar-refractivity contribution in [2.75, 3.05) is 32.7 Å². The maximum absolute atomic E-state index is 13.4. The van der Waals surface area contributed by atoms with E-state index in [1.165, 1.54) is 0 Å². The number of unbranched alkanes of at least 4 members (excludes halogenated alkanes) is 4. The second kappa shape index (κ2) is 29.1. The number of hydrogen-bond acceptors (Lipinski definition) is 11. The fourth-order valence-corrected chi connectivity index (χ4v) is 6.43. The largest absolute Gasteiger partial charge is 0.368 e. The van der Waals surface area contributed by atoms with E-state index in [9.17, 15) is 43.2 Å². The Morgan fingerprint density at radius 3 is 1.79 bits per heavy atom. The van der Waals surface area contributed by atoms with Crippen LogP contribution in [0.3, 0.4) is 0 Å². The highest BCUT2D eigenvalue weighted by Gasteiger charge is 2.35. The first kappa shape index (κ1) is 54.7. The van der Waals surface area contributed by atoms with Gasteiger partial charge in [0.25, 0.3) is 0 Å². The average molecular weight is 878 g/mol. The number of nitrogens with one attached hydrogen (secondary N) is 9. The molecular formula is C42H75N11O9. The monoisotopic (exact) mass is 878 g/mol. The third kappa shape index (κ3) is 22.0. The molecule has 0 saturated heterocycles. The second-order valence-corrected chi connectivity index (χ2v) is 17.1. The van der Waals surface area contributed by atoms with Gasteiger partial charge in [0.1, 0.15) is 30.0 Å². The van der Waals surface area contributed by atoms with Gasteiger partial charge in [-0.3, -0.25) is 48.1 Å². The number of carbonyl (C=O) groups is 9. The van der Waals surface area contributed by atoms with Gasteiger partial charge in [-0.2, -0.15) is 0 Å². The highest BCUT2D eigenvalue weighted by molar-refractivity contribution is 6.00. The predicted molar refractivity (Wildman–Crippen MR) is 235 cm³/mol. The zero-order chi connectivity index (χ0) is 46.9. The van der Waals surface area contributed by atoms with E-state index in [0.29, 0.717) is 25.1 Å². The van der Waals surface area contributed by atoms with Gasteiger partial charge in [-0.15, -0.1) is 0 Å². The molecule has 1 aliphatic rings. The topological polar surface area (TPSA) is 300 Å².